The molecule has 29 heavy (non-hydrogen) atoms. The molecule has 2 amide bonds. The van der Waals surface area contributed by atoms with Crippen LogP contribution in [0.15, 0.2) is 24.3 Å². The molecule has 1 aliphatic carbocycles. The zero-order valence-corrected chi connectivity index (χ0v) is 18.1. The van der Waals surface area contributed by atoms with Crippen molar-refractivity contribution in [1.29, 1.82) is 0 Å². The second kappa shape index (κ2) is 10.2. The molecule has 2 fully saturated rings. The van der Waals surface area contributed by atoms with E-state index in [1.54, 1.807) is 0 Å². The highest BCUT2D eigenvalue weighted by atomic mass is 16.2. The van der Waals surface area contributed by atoms with Crippen molar-refractivity contribution in [2.75, 3.05) is 44.6 Å². The van der Waals surface area contributed by atoms with Gasteiger partial charge in [0.15, 0.2) is 0 Å². The standard InChI is InChI=1S/C23H36N4O2/c1-17-7-9-20(10-8-17)24-22(28)15-26-11-13-27(14-12-26)16-23(29)25-21-6-4-5-18(2)19(21)3/h7-10,18-19,21H,4-6,11-16H2,1-3H3,(H,24,28)(H,25,29). The molecule has 0 bridgehead atoms. The summed E-state index contributed by atoms with van der Waals surface area (Å²) in [6, 6.07) is 8.16. The molecular weight excluding hydrogens is 364 g/mol. The lowest BCUT2D eigenvalue weighted by molar-refractivity contribution is -0.124. The van der Waals surface area contributed by atoms with Crippen molar-refractivity contribution in [3.05, 3.63) is 29.8 Å². The molecule has 3 rings (SSSR count). The van der Waals surface area contributed by atoms with E-state index in [0.717, 1.165) is 38.3 Å². The quantitative estimate of drug-likeness (QED) is 0.770. The summed E-state index contributed by atoms with van der Waals surface area (Å²) in [4.78, 5) is 29.1. The Balaban J connectivity index is 1.36. The van der Waals surface area contributed by atoms with Gasteiger partial charge in [0.1, 0.15) is 0 Å². The molecule has 1 saturated heterocycles. The summed E-state index contributed by atoms with van der Waals surface area (Å²) in [6.45, 7) is 10.7. The average Bonchev–Trinajstić information content (AvgIpc) is 2.69. The van der Waals surface area contributed by atoms with E-state index >= 15 is 0 Å². The maximum Gasteiger partial charge on any atom is 0.238 e. The van der Waals surface area contributed by atoms with Crippen LogP contribution in [0.2, 0.25) is 0 Å². The Morgan fingerprint density at radius 2 is 1.52 bits per heavy atom. The van der Waals surface area contributed by atoms with Crippen LogP contribution in [-0.4, -0.2) is 66.9 Å². The van der Waals surface area contributed by atoms with Crippen LogP contribution in [0.3, 0.4) is 0 Å². The van der Waals surface area contributed by atoms with E-state index in [1.807, 2.05) is 31.2 Å². The molecule has 0 radical (unpaired) electrons. The van der Waals surface area contributed by atoms with Crippen molar-refractivity contribution >= 4 is 17.5 Å². The minimum Gasteiger partial charge on any atom is -0.352 e. The van der Waals surface area contributed by atoms with E-state index in [1.165, 1.54) is 18.4 Å². The van der Waals surface area contributed by atoms with E-state index in [-0.39, 0.29) is 11.8 Å². The normalized spacial score (nSPS) is 26.1. The highest BCUT2D eigenvalue weighted by Crippen LogP contribution is 2.29. The topological polar surface area (TPSA) is 64.7 Å². The molecule has 2 aliphatic rings. The molecule has 3 atom stereocenters. The summed E-state index contributed by atoms with van der Waals surface area (Å²) in [5.41, 5.74) is 2.01. The number of aryl methyl sites for hydroxylation is 1. The Morgan fingerprint density at radius 1 is 0.931 bits per heavy atom. The number of piperazine rings is 1. The van der Waals surface area contributed by atoms with Crippen molar-refractivity contribution in [3.63, 3.8) is 0 Å². The molecule has 0 aromatic heterocycles. The van der Waals surface area contributed by atoms with Gasteiger partial charge in [0, 0.05) is 37.9 Å². The van der Waals surface area contributed by atoms with Gasteiger partial charge in [-0.2, -0.15) is 0 Å². The first-order valence-electron chi connectivity index (χ1n) is 11.0. The van der Waals surface area contributed by atoms with Gasteiger partial charge in [-0.15, -0.1) is 0 Å². The second-order valence-corrected chi connectivity index (χ2v) is 8.91. The van der Waals surface area contributed by atoms with Crippen LogP contribution >= 0.6 is 0 Å². The predicted molar refractivity (Wildman–Crippen MR) is 117 cm³/mol. The van der Waals surface area contributed by atoms with Crippen molar-refractivity contribution in [3.8, 4) is 0 Å². The van der Waals surface area contributed by atoms with Crippen molar-refractivity contribution in [1.82, 2.24) is 15.1 Å². The zero-order chi connectivity index (χ0) is 20.8. The van der Waals surface area contributed by atoms with Gasteiger partial charge in [0.2, 0.25) is 11.8 Å². The summed E-state index contributed by atoms with van der Waals surface area (Å²) in [5.74, 6) is 1.39. The summed E-state index contributed by atoms with van der Waals surface area (Å²) < 4.78 is 0. The lowest BCUT2D eigenvalue weighted by Gasteiger charge is -2.36. The fraction of sp³-hybridized carbons (Fsp3) is 0.652. The molecule has 6 heteroatoms. The molecule has 1 aliphatic heterocycles. The number of benzene rings is 1. The van der Waals surface area contributed by atoms with Crippen molar-refractivity contribution < 1.29 is 9.59 Å². The number of hydrogen-bond acceptors (Lipinski definition) is 4. The van der Waals surface area contributed by atoms with Crippen LogP contribution in [0, 0.1) is 18.8 Å². The molecule has 160 valence electrons. The van der Waals surface area contributed by atoms with Crippen LogP contribution in [0.5, 0.6) is 0 Å². The Labute approximate surface area is 175 Å². The van der Waals surface area contributed by atoms with Gasteiger partial charge in [0.25, 0.3) is 0 Å². The molecule has 0 spiro atoms. The largest absolute Gasteiger partial charge is 0.352 e. The fourth-order valence-corrected chi connectivity index (χ4v) is 4.39. The summed E-state index contributed by atoms with van der Waals surface area (Å²) in [7, 11) is 0. The first kappa shape index (κ1) is 21.8. The van der Waals surface area contributed by atoms with Crippen LogP contribution in [-0.2, 0) is 9.59 Å². The molecular formula is C23H36N4O2. The molecule has 2 N–H and O–H groups in total. The molecule has 3 unspecified atom stereocenters. The number of carbonyl (C=O) groups is 2. The molecule has 6 nitrogen and oxygen atoms in total. The van der Waals surface area contributed by atoms with E-state index in [4.69, 9.17) is 0 Å². The number of hydrogen-bond donors (Lipinski definition) is 2. The maximum atomic E-state index is 12.5. The number of anilines is 1. The Hall–Kier alpha value is -1.92. The maximum absolute atomic E-state index is 12.5. The number of carbonyl (C=O) groups excluding carboxylic acids is 2. The van der Waals surface area contributed by atoms with Crippen LogP contribution in [0.4, 0.5) is 5.69 Å². The third kappa shape index (κ3) is 6.54. The van der Waals surface area contributed by atoms with Gasteiger partial charge < -0.3 is 10.6 Å². The first-order chi connectivity index (χ1) is 13.9. The molecule has 1 aromatic rings. The highest BCUT2D eigenvalue weighted by molar-refractivity contribution is 5.92. The lowest BCUT2D eigenvalue weighted by atomic mass is 9.78. The van der Waals surface area contributed by atoms with Crippen LogP contribution < -0.4 is 10.6 Å². The lowest BCUT2D eigenvalue weighted by Crippen LogP contribution is -2.52. The smallest absolute Gasteiger partial charge is 0.238 e. The zero-order valence-electron chi connectivity index (χ0n) is 18.1. The summed E-state index contributed by atoms with van der Waals surface area (Å²) in [6.07, 6.45) is 3.58. The van der Waals surface area contributed by atoms with E-state index in [0.29, 0.717) is 31.0 Å². The second-order valence-electron chi connectivity index (χ2n) is 8.91. The fourth-order valence-electron chi connectivity index (χ4n) is 4.39. The highest BCUT2D eigenvalue weighted by Gasteiger charge is 2.29. The third-order valence-electron chi connectivity index (χ3n) is 6.59. The minimum absolute atomic E-state index is 0.0143. The van der Waals surface area contributed by atoms with Gasteiger partial charge in [0.05, 0.1) is 13.1 Å². The van der Waals surface area contributed by atoms with Crippen molar-refractivity contribution in [2.24, 2.45) is 11.8 Å². The molecule has 1 aromatic carbocycles. The third-order valence-corrected chi connectivity index (χ3v) is 6.59. The number of rotatable bonds is 6. The molecule has 1 heterocycles. The number of nitrogens with zero attached hydrogens (tertiary/aromatic N) is 2. The monoisotopic (exact) mass is 400 g/mol. The Bertz CT molecular complexity index is 683. The van der Waals surface area contributed by atoms with Crippen molar-refractivity contribution in [2.45, 2.75) is 46.1 Å². The van der Waals surface area contributed by atoms with Gasteiger partial charge in [-0.05, 0) is 37.3 Å². The van der Waals surface area contributed by atoms with Gasteiger partial charge in [-0.3, -0.25) is 19.4 Å². The SMILES string of the molecule is Cc1ccc(NC(=O)CN2CCN(CC(=O)NC3CCCC(C)C3C)CC2)cc1. The van der Waals surface area contributed by atoms with Crippen LogP contribution in [0.1, 0.15) is 38.7 Å². The molecule has 1 saturated carbocycles. The number of nitrogens with one attached hydrogen (secondary N) is 2. The van der Waals surface area contributed by atoms with Gasteiger partial charge in [-0.25, -0.2) is 0 Å². The predicted octanol–water partition coefficient (Wildman–Crippen LogP) is 2.49. The van der Waals surface area contributed by atoms with Gasteiger partial charge >= 0.3 is 0 Å². The number of amides is 2. The average molecular weight is 401 g/mol. The first-order valence-corrected chi connectivity index (χ1v) is 11.0. The van der Waals surface area contributed by atoms with Gasteiger partial charge in [-0.1, -0.05) is 44.4 Å². The Morgan fingerprint density at radius 3 is 2.14 bits per heavy atom. The van der Waals surface area contributed by atoms with E-state index in [9.17, 15) is 9.59 Å². The van der Waals surface area contributed by atoms with E-state index < -0.39 is 0 Å². The minimum atomic E-state index is 0.0143. The Kier molecular flexibility index (Phi) is 7.67. The van der Waals surface area contributed by atoms with Crippen LogP contribution in [0.25, 0.3) is 0 Å². The van der Waals surface area contributed by atoms with E-state index in [2.05, 4.69) is 34.3 Å². The summed E-state index contributed by atoms with van der Waals surface area (Å²) >= 11 is 0. The summed E-state index contributed by atoms with van der Waals surface area (Å²) in [5, 5.41) is 6.22.